The van der Waals surface area contributed by atoms with Crippen LogP contribution in [0.5, 0.6) is 0 Å². The number of aliphatic hydroxyl groups is 1. The molecule has 1 fully saturated rings. The van der Waals surface area contributed by atoms with Crippen LogP contribution in [-0.2, 0) is 4.74 Å². The first-order valence-electron chi connectivity index (χ1n) is 5.50. The number of furan rings is 1. The van der Waals surface area contributed by atoms with E-state index in [0.29, 0.717) is 23.6 Å². The highest BCUT2D eigenvalue weighted by molar-refractivity contribution is 9.13. The molecule has 0 bridgehead atoms. The molecule has 2 heterocycles. The molecule has 3 N–H and O–H groups in total. The van der Waals surface area contributed by atoms with Crippen LogP contribution in [0.3, 0.4) is 0 Å². The number of aliphatic hydroxyl groups excluding tert-OH is 1. The lowest BCUT2D eigenvalue weighted by Crippen LogP contribution is -2.43. The van der Waals surface area contributed by atoms with Crippen LogP contribution >= 0.6 is 31.9 Å². The molecular weight excluding hydrogens is 354 g/mol. The summed E-state index contributed by atoms with van der Waals surface area (Å²) >= 11 is 6.59. The molecule has 2 unspecified atom stereocenters. The Balaban J connectivity index is 2.24. The Labute approximate surface area is 117 Å². The monoisotopic (exact) mass is 367 g/mol. The van der Waals surface area contributed by atoms with Gasteiger partial charge in [-0.15, -0.1) is 0 Å². The zero-order valence-corrected chi connectivity index (χ0v) is 12.5. The van der Waals surface area contributed by atoms with Crippen molar-refractivity contribution in [1.82, 2.24) is 0 Å². The van der Waals surface area contributed by atoms with Crippen LogP contribution in [0.2, 0.25) is 0 Å². The predicted molar refractivity (Wildman–Crippen MR) is 70.6 cm³/mol. The van der Waals surface area contributed by atoms with E-state index in [1.165, 1.54) is 0 Å². The number of hydrogen-bond donors (Lipinski definition) is 2. The van der Waals surface area contributed by atoms with Crippen molar-refractivity contribution in [3.05, 3.63) is 21.0 Å². The number of ether oxygens (including phenoxy) is 1. The van der Waals surface area contributed by atoms with Gasteiger partial charge in [-0.3, -0.25) is 0 Å². The van der Waals surface area contributed by atoms with E-state index in [-0.39, 0.29) is 0 Å². The van der Waals surface area contributed by atoms with Gasteiger partial charge in [0, 0.05) is 18.6 Å². The van der Waals surface area contributed by atoms with E-state index in [1.807, 2.05) is 0 Å². The lowest BCUT2D eigenvalue weighted by Gasteiger charge is -2.38. The lowest BCUT2D eigenvalue weighted by atomic mass is 9.76. The van der Waals surface area contributed by atoms with Crippen molar-refractivity contribution >= 4 is 31.9 Å². The maximum Gasteiger partial charge on any atom is 0.183 e. The van der Waals surface area contributed by atoms with Crippen molar-refractivity contribution in [1.29, 1.82) is 0 Å². The molecule has 1 saturated heterocycles. The molecule has 96 valence electrons. The quantitative estimate of drug-likeness (QED) is 0.860. The zero-order valence-electron chi connectivity index (χ0n) is 9.29. The first-order chi connectivity index (χ1) is 8.09. The smallest absolute Gasteiger partial charge is 0.183 e. The standard InChI is InChI=1S/C11H15Br2NO3/c12-7-4-8(17-10(7)13)9(15)11(5-14)2-1-3-16-6-11/h4,9,15H,1-3,5-6,14H2. The minimum absolute atomic E-state index is 0.379. The van der Waals surface area contributed by atoms with Crippen molar-refractivity contribution in [3.8, 4) is 0 Å². The average molecular weight is 369 g/mol. The summed E-state index contributed by atoms with van der Waals surface area (Å²) in [5.41, 5.74) is 5.38. The molecule has 0 radical (unpaired) electrons. The van der Waals surface area contributed by atoms with Gasteiger partial charge in [-0.05, 0) is 50.8 Å². The Bertz CT molecular complexity index is 369. The van der Waals surface area contributed by atoms with Crippen LogP contribution in [0.25, 0.3) is 0 Å². The summed E-state index contributed by atoms with van der Waals surface area (Å²) in [6, 6.07) is 1.76. The van der Waals surface area contributed by atoms with Gasteiger partial charge in [0.25, 0.3) is 0 Å². The fourth-order valence-corrected chi connectivity index (χ4v) is 2.77. The van der Waals surface area contributed by atoms with E-state index in [2.05, 4.69) is 31.9 Å². The van der Waals surface area contributed by atoms with E-state index < -0.39 is 11.5 Å². The molecule has 0 aromatic carbocycles. The molecule has 1 aliphatic rings. The molecule has 0 saturated carbocycles. The maximum absolute atomic E-state index is 10.4. The van der Waals surface area contributed by atoms with Crippen LogP contribution in [0.15, 0.2) is 19.6 Å². The topological polar surface area (TPSA) is 68.6 Å². The number of rotatable bonds is 3. The molecular formula is C11H15Br2NO3. The lowest BCUT2D eigenvalue weighted by molar-refractivity contribution is -0.0853. The second-order valence-electron chi connectivity index (χ2n) is 4.40. The highest BCUT2D eigenvalue weighted by atomic mass is 79.9. The Hall–Kier alpha value is 0.120. The third kappa shape index (κ3) is 2.61. The molecule has 0 amide bonds. The minimum Gasteiger partial charge on any atom is -0.450 e. The maximum atomic E-state index is 10.4. The largest absolute Gasteiger partial charge is 0.450 e. The van der Waals surface area contributed by atoms with Gasteiger partial charge in [-0.2, -0.15) is 0 Å². The molecule has 0 spiro atoms. The summed E-state index contributed by atoms with van der Waals surface area (Å²) < 4.78 is 12.3. The second kappa shape index (κ2) is 5.40. The average Bonchev–Trinajstić information content (AvgIpc) is 2.69. The summed E-state index contributed by atoms with van der Waals surface area (Å²) in [7, 11) is 0. The van der Waals surface area contributed by atoms with E-state index >= 15 is 0 Å². The van der Waals surface area contributed by atoms with Gasteiger partial charge in [0.2, 0.25) is 0 Å². The minimum atomic E-state index is -0.740. The van der Waals surface area contributed by atoms with Crippen LogP contribution in [0, 0.1) is 5.41 Å². The van der Waals surface area contributed by atoms with E-state index in [9.17, 15) is 5.11 Å². The first kappa shape index (κ1) is 13.5. The summed E-state index contributed by atoms with van der Waals surface area (Å²) in [5, 5.41) is 10.4. The highest BCUT2D eigenvalue weighted by Crippen LogP contribution is 2.42. The summed E-state index contributed by atoms with van der Waals surface area (Å²) in [4.78, 5) is 0. The fraction of sp³-hybridized carbons (Fsp3) is 0.636. The van der Waals surface area contributed by atoms with Gasteiger partial charge in [0.15, 0.2) is 4.67 Å². The molecule has 4 nitrogen and oxygen atoms in total. The summed E-state index contributed by atoms with van der Waals surface area (Å²) in [6.07, 6.45) is 1.02. The van der Waals surface area contributed by atoms with Crippen LogP contribution < -0.4 is 5.73 Å². The predicted octanol–water partition coefficient (Wildman–Crippen LogP) is 2.59. The Kier molecular flexibility index (Phi) is 4.31. The van der Waals surface area contributed by atoms with E-state index in [0.717, 1.165) is 23.9 Å². The Morgan fingerprint density at radius 2 is 2.29 bits per heavy atom. The molecule has 2 atom stereocenters. The van der Waals surface area contributed by atoms with Crippen molar-refractivity contribution in [2.75, 3.05) is 19.8 Å². The van der Waals surface area contributed by atoms with Crippen LogP contribution in [-0.4, -0.2) is 24.9 Å². The van der Waals surface area contributed by atoms with Crippen molar-refractivity contribution in [3.63, 3.8) is 0 Å². The molecule has 1 aromatic rings. The molecule has 6 heteroatoms. The molecule has 2 rings (SSSR count). The van der Waals surface area contributed by atoms with Crippen molar-refractivity contribution in [2.24, 2.45) is 11.1 Å². The van der Waals surface area contributed by atoms with Crippen molar-refractivity contribution in [2.45, 2.75) is 18.9 Å². The van der Waals surface area contributed by atoms with E-state index in [1.54, 1.807) is 6.07 Å². The van der Waals surface area contributed by atoms with Gasteiger partial charge >= 0.3 is 0 Å². The molecule has 1 aromatic heterocycles. The SMILES string of the molecule is NCC1(C(O)c2cc(Br)c(Br)o2)CCCOC1. The number of halogens is 2. The Morgan fingerprint density at radius 3 is 2.76 bits per heavy atom. The number of hydrogen-bond acceptors (Lipinski definition) is 4. The molecule has 0 aliphatic carbocycles. The zero-order chi connectivity index (χ0) is 12.5. The van der Waals surface area contributed by atoms with Crippen LogP contribution in [0.4, 0.5) is 0 Å². The highest BCUT2D eigenvalue weighted by Gasteiger charge is 2.41. The molecule has 17 heavy (non-hydrogen) atoms. The van der Waals surface area contributed by atoms with Gasteiger partial charge in [-0.25, -0.2) is 0 Å². The third-order valence-electron chi connectivity index (χ3n) is 3.27. The van der Waals surface area contributed by atoms with Gasteiger partial charge in [-0.1, -0.05) is 0 Å². The summed E-state index contributed by atoms with van der Waals surface area (Å²) in [5.74, 6) is 0.514. The number of nitrogens with two attached hydrogens (primary N) is 1. The Morgan fingerprint density at radius 1 is 1.53 bits per heavy atom. The first-order valence-corrected chi connectivity index (χ1v) is 7.08. The normalized spacial score (nSPS) is 27.1. The second-order valence-corrected chi connectivity index (χ2v) is 5.97. The van der Waals surface area contributed by atoms with E-state index in [4.69, 9.17) is 14.9 Å². The van der Waals surface area contributed by atoms with Crippen molar-refractivity contribution < 1.29 is 14.3 Å². The fourth-order valence-electron chi connectivity index (χ4n) is 2.16. The van der Waals surface area contributed by atoms with Crippen LogP contribution in [0.1, 0.15) is 24.7 Å². The third-order valence-corrected chi connectivity index (χ3v) is 4.98. The molecule has 1 aliphatic heterocycles. The van der Waals surface area contributed by atoms with Gasteiger partial charge in [0.1, 0.15) is 11.9 Å². The van der Waals surface area contributed by atoms with Gasteiger partial charge in [0.05, 0.1) is 11.1 Å². The van der Waals surface area contributed by atoms with Gasteiger partial charge < -0.3 is 20.0 Å². The summed E-state index contributed by atoms with van der Waals surface area (Å²) in [6.45, 7) is 1.59.